The lowest BCUT2D eigenvalue weighted by atomic mass is 9.78. The van der Waals surface area contributed by atoms with Gasteiger partial charge in [0.1, 0.15) is 11.6 Å². The Bertz CT molecular complexity index is 724. The Morgan fingerprint density at radius 1 is 1.18 bits per heavy atom. The molecule has 2 N–H and O–H groups in total. The Morgan fingerprint density at radius 3 is 2.25 bits per heavy atom. The van der Waals surface area contributed by atoms with Crippen LogP contribution in [-0.4, -0.2) is 47.1 Å². The fourth-order valence-corrected chi connectivity index (χ4v) is 2.73. The van der Waals surface area contributed by atoms with Crippen molar-refractivity contribution < 1.29 is 28.7 Å². The number of alkyl carbamates (subject to hydrolysis) is 1. The number of hydrogen-bond donors (Lipinski definition) is 2. The first kappa shape index (κ1) is 22.2. The van der Waals surface area contributed by atoms with Gasteiger partial charge < -0.3 is 24.5 Å². The van der Waals surface area contributed by atoms with Crippen molar-refractivity contribution in [2.45, 2.75) is 77.7 Å². The van der Waals surface area contributed by atoms with Crippen LogP contribution in [0, 0.1) is 0 Å². The van der Waals surface area contributed by atoms with Gasteiger partial charge in [0.2, 0.25) is 0 Å². The largest absolute Gasteiger partial charge is 0.494 e. The summed E-state index contributed by atoms with van der Waals surface area (Å²) in [5.41, 5.74) is -0.0808. The molecule has 0 radical (unpaired) electrons. The van der Waals surface area contributed by atoms with E-state index in [1.165, 1.54) is 0 Å². The molecular formula is C20H30BNO6. The van der Waals surface area contributed by atoms with Gasteiger partial charge >= 0.3 is 19.2 Å². The van der Waals surface area contributed by atoms with Gasteiger partial charge in [0.05, 0.1) is 11.2 Å². The number of amides is 1. The summed E-state index contributed by atoms with van der Waals surface area (Å²) in [6.07, 6.45) is -0.649. The highest BCUT2D eigenvalue weighted by molar-refractivity contribution is 6.62. The number of rotatable bonds is 5. The molecule has 0 spiro atoms. The van der Waals surface area contributed by atoms with Crippen molar-refractivity contribution in [3.8, 4) is 0 Å². The number of carbonyl (C=O) groups is 2. The van der Waals surface area contributed by atoms with E-state index in [0.29, 0.717) is 0 Å². The Labute approximate surface area is 166 Å². The van der Waals surface area contributed by atoms with Crippen LogP contribution in [-0.2, 0) is 25.3 Å². The molecule has 0 bridgehead atoms. The lowest BCUT2D eigenvalue weighted by molar-refractivity contribution is -0.139. The van der Waals surface area contributed by atoms with Crippen molar-refractivity contribution in [2.24, 2.45) is 0 Å². The van der Waals surface area contributed by atoms with Crippen molar-refractivity contribution in [3.05, 3.63) is 29.8 Å². The molecule has 0 aromatic heterocycles. The number of aliphatic carboxylic acids is 1. The summed E-state index contributed by atoms with van der Waals surface area (Å²) >= 11 is 0. The molecule has 2 rings (SSSR count). The minimum atomic E-state index is -1.13. The Balaban J connectivity index is 2.12. The number of carboxylic acid groups (broad SMARTS) is 1. The average Bonchev–Trinajstić information content (AvgIpc) is 2.73. The molecule has 8 heteroatoms. The molecule has 28 heavy (non-hydrogen) atoms. The summed E-state index contributed by atoms with van der Waals surface area (Å²) in [6.45, 7) is 13.1. The molecule has 1 heterocycles. The molecule has 1 fully saturated rings. The van der Waals surface area contributed by atoms with Crippen LogP contribution in [0.2, 0.25) is 0 Å². The summed E-state index contributed by atoms with van der Waals surface area (Å²) < 4.78 is 17.3. The number of carboxylic acids is 1. The van der Waals surface area contributed by atoms with E-state index < -0.39 is 42.0 Å². The maximum absolute atomic E-state index is 11.9. The van der Waals surface area contributed by atoms with Crippen molar-refractivity contribution in [3.63, 3.8) is 0 Å². The highest BCUT2D eigenvalue weighted by atomic mass is 16.7. The molecule has 1 saturated heterocycles. The first-order chi connectivity index (χ1) is 12.7. The monoisotopic (exact) mass is 391 g/mol. The number of hydrogen-bond acceptors (Lipinski definition) is 5. The van der Waals surface area contributed by atoms with Gasteiger partial charge in [0.25, 0.3) is 0 Å². The van der Waals surface area contributed by atoms with E-state index in [0.717, 1.165) is 11.0 Å². The highest BCUT2D eigenvalue weighted by Crippen LogP contribution is 2.36. The van der Waals surface area contributed by atoms with E-state index in [2.05, 4.69) is 5.32 Å². The third kappa shape index (κ3) is 5.48. The molecular weight excluding hydrogens is 361 g/mol. The normalized spacial score (nSPS) is 19.2. The van der Waals surface area contributed by atoms with Crippen molar-refractivity contribution in [1.29, 1.82) is 0 Å². The third-order valence-corrected chi connectivity index (χ3v) is 4.91. The van der Waals surface area contributed by atoms with Crippen LogP contribution in [0.15, 0.2) is 24.3 Å². The molecule has 0 aliphatic carbocycles. The lowest BCUT2D eigenvalue weighted by Gasteiger charge is -2.32. The SMILES string of the molecule is CC(C)(C)OC(=O)N[C@@H](Cc1cccc(B2OC(C)(C)C(C)(C)O2)c1)C(=O)O. The van der Waals surface area contributed by atoms with Crippen LogP contribution in [0.4, 0.5) is 4.79 Å². The fraction of sp³-hybridized carbons (Fsp3) is 0.600. The van der Waals surface area contributed by atoms with Gasteiger partial charge in [0.15, 0.2) is 0 Å². The molecule has 1 amide bonds. The Hall–Kier alpha value is -2.06. The third-order valence-electron chi connectivity index (χ3n) is 4.91. The standard InChI is InChI=1S/C20H30BNO6/c1-18(2,3)26-17(25)22-15(16(23)24)12-13-9-8-10-14(11-13)21-27-19(4,5)20(6,7)28-21/h8-11,15H,12H2,1-7H3,(H,22,25)(H,23,24)/t15-/m0/s1. The Morgan fingerprint density at radius 2 is 1.75 bits per heavy atom. The van der Waals surface area contributed by atoms with Crippen LogP contribution in [0.25, 0.3) is 0 Å². The van der Waals surface area contributed by atoms with Crippen molar-refractivity contribution in [1.82, 2.24) is 5.32 Å². The van der Waals surface area contributed by atoms with Crippen molar-refractivity contribution in [2.75, 3.05) is 0 Å². The summed E-state index contributed by atoms with van der Waals surface area (Å²) in [4.78, 5) is 23.5. The van der Waals surface area contributed by atoms with E-state index in [1.54, 1.807) is 26.8 Å². The van der Waals surface area contributed by atoms with Crippen LogP contribution in [0.5, 0.6) is 0 Å². The molecule has 1 aromatic rings. The second-order valence-corrected chi connectivity index (χ2v) is 9.07. The maximum Gasteiger partial charge on any atom is 0.494 e. The second-order valence-electron chi connectivity index (χ2n) is 9.07. The quantitative estimate of drug-likeness (QED) is 0.750. The number of benzene rings is 1. The molecule has 1 atom stereocenters. The fourth-order valence-electron chi connectivity index (χ4n) is 2.73. The minimum Gasteiger partial charge on any atom is -0.480 e. The maximum atomic E-state index is 11.9. The lowest BCUT2D eigenvalue weighted by Crippen LogP contribution is -2.44. The van der Waals surface area contributed by atoms with Crippen molar-refractivity contribution >= 4 is 24.6 Å². The van der Waals surface area contributed by atoms with Gasteiger partial charge in [-0.25, -0.2) is 9.59 Å². The summed E-state index contributed by atoms with van der Waals surface area (Å²) in [5, 5.41) is 11.9. The number of carbonyl (C=O) groups excluding carboxylic acids is 1. The van der Waals surface area contributed by atoms with E-state index in [4.69, 9.17) is 14.0 Å². The average molecular weight is 391 g/mol. The predicted octanol–water partition coefficient (Wildman–Crippen LogP) is 2.51. The van der Waals surface area contributed by atoms with Gasteiger partial charge in [-0.05, 0) is 59.5 Å². The van der Waals surface area contributed by atoms with Crippen LogP contribution >= 0.6 is 0 Å². The van der Waals surface area contributed by atoms with E-state index >= 15 is 0 Å². The van der Waals surface area contributed by atoms with Crippen LogP contribution in [0.1, 0.15) is 54.0 Å². The van der Waals surface area contributed by atoms with Gasteiger partial charge in [-0.3, -0.25) is 0 Å². The Kier molecular flexibility index (Phi) is 6.16. The zero-order chi connectivity index (χ0) is 21.3. The van der Waals surface area contributed by atoms with Gasteiger partial charge in [-0.15, -0.1) is 0 Å². The molecule has 154 valence electrons. The molecule has 1 aliphatic heterocycles. The van der Waals surface area contributed by atoms with Gasteiger partial charge in [-0.2, -0.15) is 0 Å². The smallest absolute Gasteiger partial charge is 0.480 e. The first-order valence-electron chi connectivity index (χ1n) is 9.37. The molecule has 7 nitrogen and oxygen atoms in total. The highest BCUT2D eigenvalue weighted by Gasteiger charge is 2.51. The molecule has 1 aromatic carbocycles. The predicted molar refractivity (Wildman–Crippen MR) is 107 cm³/mol. The van der Waals surface area contributed by atoms with Gasteiger partial charge in [-0.1, -0.05) is 24.3 Å². The minimum absolute atomic E-state index is 0.113. The second kappa shape index (κ2) is 7.76. The zero-order valence-corrected chi connectivity index (χ0v) is 17.7. The number of nitrogens with one attached hydrogen (secondary N) is 1. The molecule has 0 saturated carbocycles. The number of ether oxygens (including phenoxy) is 1. The summed E-state index contributed by atoms with van der Waals surface area (Å²) in [5.74, 6) is -1.13. The molecule has 1 aliphatic rings. The van der Waals surface area contributed by atoms with Crippen LogP contribution < -0.4 is 10.8 Å². The first-order valence-corrected chi connectivity index (χ1v) is 9.37. The van der Waals surface area contributed by atoms with Gasteiger partial charge in [0, 0.05) is 6.42 Å². The van der Waals surface area contributed by atoms with E-state index in [1.807, 2.05) is 45.9 Å². The zero-order valence-electron chi connectivity index (χ0n) is 17.7. The van der Waals surface area contributed by atoms with E-state index in [9.17, 15) is 14.7 Å². The van der Waals surface area contributed by atoms with E-state index in [-0.39, 0.29) is 6.42 Å². The summed E-state index contributed by atoms with van der Waals surface area (Å²) in [6, 6.07) is 6.24. The molecule has 0 unspecified atom stereocenters. The summed E-state index contributed by atoms with van der Waals surface area (Å²) in [7, 11) is -0.535. The van der Waals surface area contributed by atoms with Crippen LogP contribution in [0.3, 0.4) is 0 Å². The topological polar surface area (TPSA) is 94.1 Å².